The van der Waals surface area contributed by atoms with Crippen LogP contribution in [0.4, 0.5) is 0 Å². The van der Waals surface area contributed by atoms with Gasteiger partial charge in [-0.25, -0.2) is 0 Å². The third-order valence-electron chi connectivity index (χ3n) is 10.3. The van der Waals surface area contributed by atoms with Crippen LogP contribution in [0.25, 0.3) is 0 Å². The van der Waals surface area contributed by atoms with Gasteiger partial charge < -0.3 is 24.8 Å². The highest BCUT2D eigenvalue weighted by atomic mass is 16.5. The number of fused-ring (bicyclic) bond motifs is 2. The lowest BCUT2D eigenvalue weighted by atomic mass is 9.69. The fourth-order valence-electron chi connectivity index (χ4n) is 7.84. The third kappa shape index (κ3) is 7.00. The van der Waals surface area contributed by atoms with Gasteiger partial charge in [-0.3, -0.25) is 14.4 Å². The van der Waals surface area contributed by atoms with Gasteiger partial charge >= 0.3 is 0 Å². The molecule has 2 aromatic carbocycles. The minimum absolute atomic E-state index is 0.0135. The van der Waals surface area contributed by atoms with Crippen molar-refractivity contribution in [2.45, 2.75) is 70.3 Å². The highest BCUT2D eigenvalue weighted by Crippen LogP contribution is 2.46. The molecule has 13 nitrogen and oxygen atoms in total. The number of carbonyl (C=O) groups excluding carboxylic acids is 3. The smallest absolute Gasteiger partial charge is 0.254 e. The van der Waals surface area contributed by atoms with Crippen molar-refractivity contribution in [1.82, 2.24) is 40.6 Å². The number of ether oxygens (including phenoxy) is 1. The molecule has 2 aliphatic heterocycles. The first-order chi connectivity index (χ1) is 24.4. The quantitative estimate of drug-likeness (QED) is 0.274. The molecule has 2 N–H and O–H groups in total. The molecule has 3 aliphatic rings. The number of hydrogen-bond donors (Lipinski definition) is 2. The second-order valence-corrected chi connectivity index (χ2v) is 13.4. The van der Waals surface area contributed by atoms with Gasteiger partial charge in [-0.1, -0.05) is 31.2 Å². The number of aromatic nitrogens is 4. The fourth-order valence-corrected chi connectivity index (χ4v) is 7.84. The molecule has 2 atom stereocenters. The lowest BCUT2D eigenvalue weighted by molar-refractivity contribution is -0.130. The van der Waals surface area contributed by atoms with Crippen LogP contribution in [0, 0.1) is 11.3 Å². The number of H-pyrrole nitrogens is 1. The number of benzene rings is 2. The van der Waals surface area contributed by atoms with Crippen molar-refractivity contribution in [2.75, 3.05) is 59.0 Å². The maximum absolute atomic E-state index is 13.8. The second-order valence-electron chi connectivity index (χ2n) is 13.4. The van der Waals surface area contributed by atoms with E-state index in [1.165, 1.54) is 0 Å². The molecule has 3 amide bonds. The molecule has 0 radical (unpaired) electrons. The first-order valence-electron chi connectivity index (χ1n) is 18.0. The normalized spacial score (nSPS) is 20.1. The van der Waals surface area contributed by atoms with E-state index in [0.717, 1.165) is 41.5 Å². The molecule has 0 bridgehead atoms. The van der Waals surface area contributed by atoms with E-state index in [9.17, 15) is 19.6 Å². The van der Waals surface area contributed by atoms with Crippen LogP contribution in [-0.4, -0.2) is 118 Å². The number of nitrogens with zero attached hydrogens (tertiary/aromatic N) is 7. The molecule has 0 spiro atoms. The number of nitrogens with one attached hydrogen (secondary N) is 2. The van der Waals surface area contributed by atoms with Crippen LogP contribution >= 0.6 is 0 Å². The Kier molecular flexibility index (Phi) is 11.2. The summed E-state index contributed by atoms with van der Waals surface area (Å²) in [7, 11) is 0. The van der Waals surface area contributed by atoms with Crippen molar-refractivity contribution < 1.29 is 19.1 Å². The van der Waals surface area contributed by atoms with Gasteiger partial charge in [-0.2, -0.15) is 10.5 Å². The highest BCUT2D eigenvalue weighted by Gasteiger charge is 2.45. The Morgan fingerprint density at radius 2 is 1.70 bits per heavy atom. The van der Waals surface area contributed by atoms with Crippen molar-refractivity contribution in [3.8, 4) is 6.07 Å². The van der Waals surface area contributed by atoms with E-state index in [-0.39, 0.29) is 30.3 Å². The van der Waals surface area contributed by atoms with E-state index in [2.05, 4.69) is 45.9 Å². The summed E-state index contributed by atoms with van der Waals surface area (Å²) in [5, 5.41) is 28.6. The van der Waals surface area contributed by atoms with Crippen LogP contribution in [0.2, 0.25) is 0 Å². The fraction of sp³-hybridized carbons (Fsp3) is 0.541. The molecule has 2 saturated heterocycles. The summed E-state index contributed by atoms with van der Waals surface area (Å²) in [6.45, 7) is 8.81. The van der Waals surface area contributed by atoms with Gasteiger partial charge in [0.25, 0.3) is 11.8 Å². The van der Waals surface area contributed by atoms with Gasteiger partial charge in [-0.05, 0) is 98.0 Å². The van der Waals surface area contributed by atoms with Gasteiger partial charge in [0.1, 0.15) is 6.04 Å². The number of likely N-dealkylation sites (tertiary alicyclic amines) is 1. The zero-order chi connectivity index (χ0) is 35.1. The predicted octanol–water partition coefficient (Wildman–Crippen LogP) is 2.86. The maximum Gasteiger partial charge on any atom is 0.254 e. The lowest BCUT2D eigenvalue weighted by Gasteiger charge is -2.34. The maximum atomic E-state index is 13.8. The van der Waals surface area contributed by atoms with Gasteiger partial charge in [0.2, 0.25) is 5.91 Å². The van der Waals surface area contributed by atoms with Crippen LogP contribution < -0.4 is 5.32 Å². The third-order valence-corrected chi connectivity index (χ3v) is 10.3. The molecule has 1 aliphatic carbocycles. The SMILES string of the molecule is CCCN(CCC)C(=O)c1ccc2c(c1)CCc1cc(C(=O)N3CCOCC3)ccc1C2(CCNCC(=O)N1CCCC1C#N)c1nn[nH]n1. The van der Waals surface area contributed by atoms with Crippen LogP contribution in [0.15, 0.2) is 36.4 Å². The van der Waals surface area contributed by atoms with Crippen LogP contribution in [0.1, 0.15) is 94.7 Å². The van der Waals surface area contributed by atoms with E-state index in [0.29, 0.717) is 95.1 Å². The number of morpholine rings is 1. The minimum atomic E-state index is -0.901. The Bertz CT molecular complexity index is 1710. The number of aryl methyl sites for hydroxylation is 2. The predicted molar refractivity (Wildman–Crippen MR) is 185 cm³/mol. The van der Waals surface area contributed by atoms with Crippen LogP contribution in [0.3, 0.4) is 0 Å². The number of hydrogen-bond acceptors (Lipinski definition) is 9. The van der Waals surface area contributed by atoms with Gasteiger partial charge in [-0.15, -0.1) is 10.2 Å². The summed E-state index contributed by atoms with van der Waals surface area (Å²) in [4.78, 5) is 45.9. The average Bonchev–Trinajstić information content (AvgIpc) is 3.85. The number of tetrazole rings is 1. The highest BCUT2D eigenvalue weighted by molar-refractivity contribution is 5.95. The van der Waals surface area contributed by atoms with E-state index in [1.807, 2.05) is 46.2 Å². The Morgan fingerprint density at radius 3 is 2.34 bits per heavy atom. The first-order valence-corrected chi connectivity index (χ1v) is 18.0. The van der Waals surface area contributed by atoms with Gasteiger partial charge in [0.15, 0.2) is 5.82 Å². The minimum Gasteiger partial charge on any atom is -0.378 e. The Labute approximate surface area is 293 Å². The second kappa shape index (κ2) is 15.9. The van der Waals surface area contributed by atoms with E-state index < -0.39 is 5.41 Å². The van der Waals surface area contributed by atoms with E-state index in [1.54, 1.807) is 4.90 Å². The molecular weight excluding hydrogens is 634 g/mol. The largest absolute Gasteiger partial charge is 0.378 e. The molecule has 3 heterocycles. The molecule has 1 aromatic heterocycles. The van der Waals surface area contributed by atoms with Crippen LogP contribution in [0.5, 0.6) is 0 Å². The zero-order valence-electron chi connectivity index (χ0n) is 29.1. The number of carbonyl (C=O) groups is 3. The van der Waals surface area contributed by atoms with E-state index >= 15 is 0 Å². The summed E-state index contributed by atoms with van der Waals surface area (Å²) < 4.78 is 5.48. The standard InChI is InChI=1S/C37H47N9O4/c1-3-15-44(16-4-2)34(48)28-9-11-31-26(22-28)7-8-27-23-29(35(49)45-18-20-50-21-19-45)10-12-32(27)37(31,36-40-42-43-41-36)13-14-39-25-33(47)46-17-5-6-30(46)24-38/h9-12,22-23,30,39H,3-8,13-21,25H2,1-2H3,(H,40,41,42,43). The molecule has 6 rings (SSSR count). The Hall–Kier alpha value is -4.67. The molecule has 13 heteroatoms. The average molecular weight is 682 g/mol. The molecule has 3 aromatic rings. The number of aromatic amines is 1. The van der Waals surface area contributed by atoms with Crippen molar-refractivity contribution in [3.05, 3.63) is 75.6 Å². The topological polar surface area (TPSA) is 160 Å². The summed E-state index contributed by atoms with van der Waals surface area (Å²) in [5.41, 5.74) is 4.30. The molecular formula is C37H47N9O4. The van der Waals surface area contributed by atoms with Crippen molar-refractivity contribution in [3.63, 3.8) is 0 Å². The van der Waals surface area contributed by atoms with Crippen molar-refractivity contribution >= 4 is 17.7 Å². The first kappa shape index (κ1) is 35.2. The summed E-state index contributed by atoms with van der Waals surface area (Å²) in [5.74, 6) is 0.367. The summed E-state index contributed by atoms with van der Waals surface area (Å²) in [6.07, 6.45) is 5.05. The number of nitriles is 1. The van der Waals surface area contributed by atoms with E-state index in [4.69, 9.17) is 4.74 Å². The lowest BCUT2D eigenvalue weighted by Crippen LogP contribution is -2.42. The molecule has 0 saturated carbocycles. The number of amides is 3. The number of rotatable bonds is 12. The van der Waals surface area contributed by atoms with Gasteiger partial charge in [0, 0.05) is 43.9 Å². The van der Waals surface area contributed by atoms with Gasteiger partial charge in [0.05, 0.1) is 31.2 Å². The molecule has 2 unspecified atom stereocenters. The van der Waals surface area contributed by atoms with Crippen LogP contribution in [-0.2, 0) is 27.8 Å². The Morgan fingerprint density at radius 1 is 1.02 bits per heavy atom. The molecule has 2 fully saturated rings. The summed E-state index contributed by atoms with van der Waals surface area (Å²) >= 11 is 0. The molecule has 264 valence electrons. The van der Waals surface area contributed by atoms with Crippen molar-refractivity contribution in [2.24, 2.45) is 0 Å². The monoisotopic (exact) mass is 681 g/mol. The van der Waals surface area contributed by atoms with Crippen molar-refractivity contribution in [1.29, 1.82) is 5.26 Å². The summed E-state index contributed by atoms with van der Waals surface area (Å²) in [6, 6.07) is 13.7. The Balaban J connectivity index is 1.39. The molecule has 50 heavy (non-hydrogen) atoms. The zero-order valence-corrected chi connectivity index (χ0v) is 29.1.